The predicted octanol–water partition coefficient (Wildman–Crippen LogP) is 3.45. The number of hydrogen-bond donors (Lipinski definition) is 0. The van der Waals surface area contributed by atoms with E-state index in [1.807, 2.05) is 0 Å². The molecular formula is C12H28B2. The Balaban J connectivity index is 3.28. The monoisotopic (exact) mass is 194 g/mol. The molecular weight excluding hydrogens is 166 g/mol. The summed E-state index contributed by atoms with van der Waals surface area (Å²) in [6.07, 6.45) is 13.0. The van der Waals surface area contributed by atoms with Gasteiger partial charge in [0.15, 0.2) is 0 Å². The zero-order chi connectivity index (χ0) is 10.6. The summed E-state index contributed by atoms with van der Waals surface area (Å²) in [6, 6.07) is 0. The Kier molecular flexibility index (Phi) is 11.3. The summed E-state index contributed by atoms with van der Waals surface area (Å²) in [4.78, 5) is 0. The molecule has 0 aromatic heterocycles. The molecule has 1 unspecified atom stereocenters. The van der Waals surface area contributed by atoms with E-state index in [9.17, 15) is 0 Å². The molecule has 1 atom stereocenters. The molecule has 2 heteroatoms. The molecule has 0 saturated carbocycles. The average molecular weight is 194 g/mol. The molecule has 0 heterocycles. The van der Waals surface area contributed by atoms with E-state index >= 15 is 0 Å². The average Bonchev–Trinajstić information content (AvgIpc) is 2.22. The van der Waals surface area contributed by atoms with Crippen molar-refractivity contribution in [2.75, 3.05) is 0 Å². The van der Waals surface area contributed by atoms with Crippen LogP contribution >= 0.6 is 0 Å². The molecule has 0 aromatic carbocycles. The Bertz CT molecular complexity index is 104. The quantitative estimate of drug-likeness (QED) is 0.369. The molecule has 0 radical (unpaired) electrons. The lowest BCUT2D eigenvalue weighted by Crippen LogP contribution is -2.00. The second-order valence-corrected chi connectivity index (χ2v) is 4.62. The standard InChI is InChI=1S/C12H28B2/c1-3-4-6-9-12(14-2)10-7-5-8-11-13/h12,14H,3-11,13H2,1-2H3. The summed E-state index contributed by atoms with van der Waals surface area (Å²) in [5, 5.41) is 0. The van der Waals surface area contributed by atoms with Gasteiger partial charge in [-0.05, 0) is 0 Å². The van der Waals surface area contributed by atoms with Crippen molar-refractivity contribution in [2.24, 2.45) is 0 Å². The molecule has 0 fully saturated rings. The van der Waals surface area contributed by atoms with Gasteiger partial charge in [-0.1, -0.05) is 77.3 Å². The van der Waals surface area contributed by atoms with E-state index in [1.54, 1.807) is 0 Å². The van der Waals surface area contributed by atoms with Gasteiger partial charge < -0.3 is 0 Å². The van der Waals surface area contributed by atoms with E-state index in [-0.39, 0.29) is 0 Å². The lowest BCUT2D eigenvalue weighted by atomic mass is 9.63. The molecule has 0 aliphatic heterocycles. The molecule has 14 heavy (non-hydrogen) atoms. The highest BCUT2D eigenvalue weighted by atomic mass is 14.0. The van der Waals surface area contributed by atoms with Gasteiger partial charge in [0.1, 0.15) is 15.1 Å². The highest BCUT2D eigenvalue weighted by Crippen LogP contribution is 2.21. The minimum atomic E-state index is 1.03. The first-order valence-corrected chi connectivity index (χ1v) is 6.85. The first-order valence-electron chi connectivity index (χ1n) is 6.85. The third-order valence-corrected chi connectivity index (χ3v) is 3.26. The maximum Gasteiger partial charge on any atom is 0.120 e. The van der Waals surface area contributed by atoms with Gasteiger partial charge in [0.2, 0.25) is 0 Å². The van der Waals surface area contributed by atoms with E-state index in [2.05, 4.69) is 21.6 Å². The van der Waals surface area contributed by atoms with Gasteiger partial charge in [-0.25, -0.2) is 0 Å². The van der Waals surface area contributed by atoms with Crippen molar-refractivity contribution in [3.05, 3.63) is 0 Å². The highest BCUT2D eigenvalue weighted by molar-refractivity contribution is 6.35. The second kappa shape index (κ2) is 11.2. The van der Waals surface area contributed by atoms with Crippen LogP contribution < -0.4 is 0 Å². The Morgan fingerprint density at radius 2 is 1.64 bits per heavy atom. The molecule has 0 amide bonds. The van der Waals surface area contributed by atoms with E-state index in [0.29, 0.717) is 0 Å². The highest BCUT2D eigenvalue weighted by Gasteiger charge is 2.06. The molecule has 82 valence electrons. The van der Waals surface area contributed by atoms with Crippen LogP contribution in [0.3, 0.4) is 0 Å². The Morgan fingerprint density at radius 1 is 1.00 bits per heavy atom. The number of rotatable bonds is 10. The molecule has 0 aliphatic rings. The van der Waals surface area contributed by atoms with Crippen LogP contribution in [0.4, 0.5) is 0 Å². The molecule has 0 aromatic rings. The van der Waals surface area contributed by atoms with E-state index < -0.39 is 0 Å². The first kappa shape index (κ1) is 14.1. The van der Waals surface area contributed by atoms with Crippen molar-refractivity contribution < 1.29 is 0 Å². The minimum Gasteiger partial charge on any atom is -0.0891 e. The van der Waals surface area contributed by atoms with Crippen LogP contribution in [0.1, 0.15) is 58.3 Å². The summed E-state index contributed by atoms with van der Waals surface area (Å²) in [6.45, 7) is 4.65. The summed E-state index contributed by atoms with van der Waals surface area (Å²) in [5.74, 6) is 1.03. The second-order valence-electron chi connectivity index (χ2n) is 4.62. The van der Waals surface area contributed by atoms with Gasteiger partial charge >= 0.3 is 0 Å². The van der Waals surface area contributed by atoms with Crippen molar-refractivity contribution in [1.82, 2.24) is 0 Å². The zero-order valence-corrected chi connectivity index (χ0v) is 10.6. The van der Waals surface area contributed by atoms with Crippen molar-refractivity contribution in [2.45, 2.75) is 77.3 Å². The van der Waals surface area contributed by atoms with E-state index in [4.69, 9.17) is 0 Å². The Labute approximate surface area is 92.9 Å². The maximum absolute atomic E-state index is 2.36. The SMILES string of the molecule is BCCCCCC(BC)CCCCC. The number of hydrogen-bond acceptors (Lipinski definition) is 0. The third kappa shape index (κ3) is 8.72. The summed E-state index contributed by atoms with van der Waals surface area (Å²) >= 11 is 0. The zero-order valence-electron chi connectivity index (χ0n) is 10.6. The van der Waals surface area contributed by atoms with Gasteiger partial charge in [-0.15, -0.1) is 0 Å². The van der Waals surface area contributed by atoms with Gasteiger partial charge in [-0.3, -0.25) is 0 Å². The maximum atomic E-state index is 2.36. The smallest absolute Gasteiger partial charge is 0.0891 e. The lowest BCUT2D eigenvalue weighted by Gasteiger charge is -2.13. The first-order chi connectivity index (χ1) is 6.85. The van der Waals surface area contributed by atoms with Crippen LogP contribution in [0.5, 0.6) is 0 Å². The fraction of sp³-hybridized carbons (Fsp3) is 1.00. The Hall–Kier alpha value is 0.130. The summed E-state index contributed by atoms with van der Waals surface area (Å²) < 4.78 is 0. The minimum absolute atomic E-state index is 1.03. The molecule has 0 spiro atoms. The topological polar surface area (TPSA) is 0 Å². The van der Waals surface area contributed by atoms with Gasteiger partial charge in [0.05, 0.1) is 0 Å². The predicted molar refractivity (Wildman–Crippen MR) is 72.7 cm³/mol. The third-order valence-electron chi connectivity index (χ3n) is 3.26. The molecule has 0 aliphatic carbocycles. The molecule has 0 bridgehead atoms. The number of unbranched alkanes of at least 4 members (excludes halogenated alkanes) is 4. The van der Waals surface area contributed by atoms with Crippen molar-refractivity contribution in [3.8, 4) is 0 Å². The van der Waals surface area contributed by atoms with Crippen LogP contribution in [-0.4, -0.2) is 15.1 Å². The van der Waals surface area contributed by atoms with Crippen molar-refractivity contribution in [3.63, 3.8) is 0 Å². The fourth-order valence-corrected chi connectivity index (χ4v) is 2.10. The molecule has 0 rings (SSSR count). The van der Waals surface area contributed by atoms with Crippen LogP contribution in [-0.2, 0) is 0 Å². The van der Waals surface area contributed by atoms with Gasteiger partial charge in [0.25, 0.3) is 0 Å². The van der Waals surface area contributed by atoms with Gasteiger partial charge in [-0.2, -0.15) is 0 Å². The summed E-state index contributed by atoms with van der Waals surface area (Å²) in [5.41, 5.74) is 0. The Morgan fingerprint density at radius 3 is 2.14 bits per heavy atom. The molecule has 0 N–H and O–H groups in total. The fourth-order valence-electron chi connectivity index (χ4n) is 2.10. The lowest BCUT2D eigenvalue weighted by molar-refractivity contribution is 0.568. The van der Waals surface area contributed by atoms with Gasteiger partial charge in [0, 0.05) is 0 Å². The van der Waals surface area contributed by atoms with Crippen molar-refractivity contribution in [1.29, 1.82) is 0 Å². The van der Waals surface area contributed by atoms with Crippen LogP contribution in [0, 0.1) is 0 Å². The van der Waals surface area contributed by atoms with Crippen molar-refractivity contribution >= 4 is 15.1 Å². The van der Waals surface area contributed by atoms with Crippen LogP contribution in [0.2, 0.25) is 19.0 Å². The molecule has 0 nitrogen and oxygen atoms in total. The van der Waals surface area contributed by atoms with E-state index in [0.717, 1.165) is 5.82 Å². The van der Waals surface area contributed by atoms with Crippen LogP contribution in [0.15, 0.2) is 0 Å². The normalized spacial score (nSPS) is 12.7. The largest absolute Gasteiger partial charge is 0.120 e. The summed E-state index contributed by atoms with van der Waals surface area (Å²) in [7, 11) is 3.69. The molecule has 0 saturated heterocycles. The van der Waals surface area contributed by atoms with Crippen LogP contribution in [0.25, 0.3) is 0 Å². The van der Waals surface area contributed by atoms with E-state index in [1.165, 1.54) is 65.0 Å².